The van der Waals surface area contributed by atoms with Gasteiger partial charge in [0.25, 0.3) is 0 Å². The van der Waals surface area contributed by atoms with Crippen molar-refractivity contribution in [2.24, 2.45) is 5.41 Å². The summed E-state index contributed by atoms with van der Waals surface area (Å²) in [5, 5.41) is 3.21. The van der Waals surface area contributed by atoms with Gasteiger partial charge in [-0.2, -0.15) is 11.8 Å². The van der Waals surface area contributed by atoms with Crippen molar-refractivity contribution in [1.82, 2.24) is 9.97 Å². The lowest BCUT2D eigenvalue weighted by Gasteiger charge is -2.12. The molecule has 0 unspecified atom stereocenters. The highest BCUT2D eigenvalue weighted by molar-refractivity contribution is 7.98. The van der Waals surface area contributed by atoms with Gasteiger partial charge in [0, 0.05) is 12.3 Å². The third-order valence-electron chi connectivity index (χ3n) is 3.62. The Balaban J connectivity index is 1.72. The molecule has 0 spiro atoms. The van der Waals surface area contributed by atoms with Gasteiger partial charge >= 0.3 is 5.97 Å². The summed E-state index contributed by atoms with van der Waals surface area (Å²) in [7, 11) is 1.45. The van der Waals surface area contributed by atoms with Gasteiger partial charge in [0.15, 0.2) is 0 Å². The predicted molar refractivity (Wildman–Crippen MR) is 85.3 cm³/mol. The van der Waals surface area contributed by atoms with E-state index < -0.39 is 0 Å². The summed E-state index contributed by atoms with van der Waals surface area (Å²) in [6, 6.07) is 0. The van der Waals surface area contributed by atoms with Crippen molar-refractivity contribution in [3.05, 3.63) is 18.1 Å². The number of nitrogens with one attached hydrogen (secondary N) is 1. The van der Waals surface area contributed by atoms with Crippen LogP contribution in [0.15, 0.2) is 12.4 Å². The Morgan fingerprint density at radius 1 is 1.43 bits per heavy atom. The fourth-order valence-corrected chi connectivity index (χ4v) is 3.36. The summed E-state index contributed by atoms with van der Waals surface area (Å²) >= 11 is 1.82. The molecule has 0 saturated heterocycles. The Morgan fingerprint density at radius 3 is 2.81 bits per heavy atom. The van der Waals surface area contributed by atoms with E-state index in [0.29, 0.717) is 6.42 Å². The summed E-state index contributed by atoms with van der Waals surface area (Å²) in [6.45, 7) is 3.03. The Labute approximate surface area is 130 Å². The maximum Gasteiger partial charge on any atom is 0.306 e. The number of rotatable bonds is 9. The number of ether oxygens (including phenoxy) is 1. The zero-order valence-corrected chi connectivity index (χ0v) is 13.5. The molecule has 116 valence electrons. The quantitative estimate of drug-likeness (QED) is 0.708. The number of methoxy groups -OCH3 is 1. The van der Waals surface area contributed by atoms with E-state index >= 15 is 0 Å². The zero-order valence-electron chi connectivity index (χ0n) is 12.7. The van der Waals surface area contributed by atoms with E-state index in [1.54, 1.807) is 6.20 Å². The van der Waals surface area contributed by atoms with Crippen LogP contribution in [0, 0.1) is 5.41 Å². The van der Waals surface area contributed by atoms with Gasteiger partial charge in [0.05, 0.1) is 31.6 Å². The molecule has 0 atom stereocenters. The number of carbonyl (C=O) groups is 1. The van der Waals surface area contributed by atoms with Crippen molar-refractivity contribution in [2.75, 3.05) is 24.7 Å². The predicted octanol–water partition coefficient (Wildman–Crippen LogP) is 2.88. The molecule has 1 N–H and O–H groups in total. The SMILES string of the molecule is CCCNc1cnc(CSCC2(CC(=O)OC)CC2)cn1. The molecule has 1 fully saturated rings. The highest BCUT2D eigenvalue weighted by Gasteiger charge is 2.44. The largest absolute Gasteiger partial charge is 0.469 e. The Kier molecular flexibility index (Phi) is 5.85. The van der Waals surface area contributed by atoms with Gasteiger partial charge in [-0.05, 0) is 30.4 Å². The fourth-order valence-electron chi connectivity index (χ4n) is 2.07. The van der Waals surface area contributed by atoms with E-state index in [1.165, 1.54) is 7.11 Å². The standard InChI is InChI=1S/C15H23N3O2S/c1-3-6-16-13-9-17-12(8-18-13)10-21-11-15(4-5-15)7-14(19)20-2/h8-9H,3-7,10-11H2,1-2H3,(H,16,18). The Bertz CT molecular complexity index is 460. The second-order valence-corrected chi connectivity index (χ2v) is 6.55. The monoisotopic (exact) mass is 309 g/mol. The normalized spacial score (nSPS) is 15.5. The molecule has 5 nitrogen and oxygen atoms in total. The molecule has 0 bridgehead atoms. The maximum absolute atomic E-state index is 11.4. The van der Waals surface area contributed by atoms with Crippen LogP contribution < -0.4 is 5.32 Å². The molecule has 1 saturated carbocycles. The summed E-state index contributed by atoms with van der Waals surface area (Å²) in [5.41, 5.74) is 1.16. The number of hydrogen-bond donors (Lipinski definition) is 1. The minimum atomic E-state index is -0.0979. The van der Waals surface area contributed by atoms with Crippen LogP contribution in [0.5, 0.6) is 0 Å². The highest BCUT2D eigenvalue weighted by Crippen LogP contribution is 2.51. The van der Waals surface area contributed by atoms with E-state index in [4.69, 9.17) is 4.74 Å². The minimum absolute atomic E-state index is 0.0979. The lowest BCUT2D eigenvalue weighted by Crippen LogP contribution is -2.13. The first-order chi connectivity index (χ1) is 10.2. The van der Waals surface area contributed by atoms with Crippen LogP contribution in [-0.2, 0) is 15.3 Å². The van der Waals surface area contributed by atoms with Crippen LogP contribution in [-0.4, -0.2) is 35.3 Å². The maximum atomic E-state index is 11.4. The summed E-state index contributed by atoms with van der Waals surface area (Å²) in [5.74, 6) is 2.55. The summed E-state index contributed by atoms with van der Waals surface area (Å²) < 4.78 is 4.76. The van der Waals surface area contributed by atoms with E-state index in [-0.39, 0.29) is 11.4 Å². The van der Waals surface area contributed by atoms with E-state index in [2.05, 4.69) is 22.2 Å². The van der Waals surface area contributed by atoms with Gasteiger partial charge in [-0.25, -0.2) is 4.98 Å². The van der Waals surface area contributed by atoms with Crippen molar-refractivity contribution >= 4 is 23.5 Å². The van der Waals surface area contributed by atoms with Gasteiger partial charge in [0.1, 0.15) is 5.82 Å². The molecule has 2 rings (SSSR count). The van der Waals surface area contributed by atoms with Crippen molar-refractivity contribution < 1.29 is 9.53 Å². The smallest absolute Gasteiger partial charge is 0.306 e. The van der Waals surface area contributed by atoms with Gasteiger partial charge in [-0.3, -0.25) is 9.78 Å². The molecule has 0 radical (unpaired) electrons. The molecule has 1 aliphatic rings. The Hall–Kier alpha value is -1.30. The summed E-state index contributed by atoms with van der Waals surface area (Å²) in [4.78, 5) is 20.1. The number of hydrogen-bond acceptors (Lipinski definition) is 6. The third kappa shape index (κ3) is 5.19. The molecule has 1 aromatic heterocycles. The molecule has 21 heavy (non-hydrogen) atoms. The number of thioether (sulfide) groups is 1. The fraction of sp³-hybridized carbons (Fsp3) is 0.667. The van der Waals surface area contributed by atoms with Crippen LogP contribution in [0.2, 0.25) is 0 Å². The number of anilines is 1. The second-order valence-electron chi connectivity index (χ2n) is 5.57. The molecule has 0 aromatic carbocycles. The van der Waals surface area contributed by atoms with Crippen molar-refractivity contribution in [2.45, 2.75) is 38.4 Å². The van der Waals surface area contributed by atoms with Crippen LogP contribution >= 0.6 is 11.8 Å². The number of aromatic nitrogens is 2. The van der Waals surface area contributed by atoms with Gasteiger partial charge in [0.2, 0.25) is 0 Å². The molecule has 6 heteroatoms. The van der Waals surface area contributed by atoms with Gasteiger partial charge < -0.3 is 10.1 Å². The second kappa shape index (κ2) is 7.64. The minimum Gasteiger partial charge on any atom is -0.469 e. The molecule has 1 heterocycles. The van der Waals surface area contributed by atoms with Crippen LogP contribution in [0.3, 0.4) is 0 Å². The number of carbonyl (C=O) groups excluding carboxylic acids is 1. The summed E-state index contributed by atoms with van der Waals surface area (Å²) in [6.07, 6.45) is 7.47. The van der Waals surface area contributed by atoms with Crippen molar-refractivity contribution in [3.8, 4) is 0 Å². The molecule has 1 aromatic rings. The molecule has 0 amide bonds. The lowest BCUT2D eigenvalue weighted by molar-refractivity contribution is -0.141. The molecular formula is C15H23N3O2S. The molecule has 1 aliphatic carbocycles. The topological polar surface area (TPSA) is 64.1 Å². The van der Waals surface area contributed by atoms with Gasteiger partial charge in [-0.15, -0.1) is 0 Å². The van der Waals surface area contributed by atoms with Crippen LogP contribution in [0.4, 0.5) is 5.82 Å². The van der Waals surface area contributed by atoms with E-state index in [1.807, 2.05) is 18.0 Å². The Morgan fingerprint density at radius 2 is 2.24 bits per heavy atom. The lowest BCUT2D eigenvalue weighted by atomic mass is 10.1. The van der Waals surface area contributed by atoms with Crippen LogP contribution in [0.25, 0.3) is 0 Å². The molecule has 0 aliphatic heterocycles. The van der Waals surface area contributed by atoms with Crippen molar-refractivity contribution in [3.63, 3.8) is 0 Å². The number of nitrogens with zero attached hydrogens (tertiary/aromatic N) is 2. The average molecular weight is 309 g/mol. The van der Waals surface area contributed by atoms with Crippen LogP contribution in [0.1, 0.15) is 38.3 Å². The van der Waals surface area contributed by atoms with E-state index in [0.717, 1.165) is 48.8 Å². The first-order valence-electron chi connectivity index (χ1n) is 7.37. The van der Waals surface area contributed by atoms with Crippen molar-refractivity contribution in [1.29, 1.82) is 0 Å². The highest BCUT2D eigenvalue weighted by atomic mass is 32.2. The first kappa shape index (κ1) is 16.1. The third-order valence-corrected chi connectivity index (χ3v) is 4.94. The van der Waals surface area contributed by atoms with Gasteiger partial charge in [-0.1, -0.05) is 6.92 Å². The molecular weight excluding hydrogens is 286 g/mol. The zero-order chi connectivity index (χ0) is 15.1. The first-order valence-corrected chi connectivity index (χ1v) is 8.52. The number of esters is 1. The van der Waals surface area contributed by atoms with E-state index in [9.17, 15) is 4.79 Å². The average Bonchev–Trinajstić information content (AvgIpc) is 3.26.